The zero-order valence-electron chi connectivity index (χ0n) is 19.7. The minimum atomic E-state index is -0.400. The number of esters is 1. The fraction of sp³-hybridized carbons (Fsp3) is 0.417. The predicted molar refractivity (Wildman–Crippen MR) is 133 cm³/mol. The minimum Gasteiger partial charge on any atom is -0.482 e. The molecule has 8 nitrogen and oxygen atoms in total. The predicted octanol–water partition coefficient (Wildman–Crippen LogP) is 4.72. The Kier molecular flexibility index (Phi) is 7.57. The van der Waals surface area contributed by atoms with Crippen LogP contribution in [0.2, 0.25) is 0 Å². The van der Waals surface area contributed by atoms with Crippen molar-refractivity contribution in [2.75, 3.05) is 18.2 Å². The van der Waals surface area contributed by atoms with Crippen LogP contribution in [0.3, 0.4) is 0 Å². The summed E-state index contributed by atoms with van der Waals surface area (Å²) in [5.41, 5.74) is 2.57. The molecular formula is C24H28N4O4S2. The number of benzene rings is 1. The molecule has 1 N–H and O–H groups in total. The van der Waals surface area contributed by atoms with E-state index in [0.717, 1.165) is 47.4 Å². The maximum Gasteiger partial charge on any atom is 0.341 e. The third-order valence-electron chi connectivity index (χ3n) is 5.78. The van der Waals surface area contributed by atoms with Gasteiger partial charge in [0.25, 0.3) is 0 Å². The van der Waals surface area contributed by atoms with E-state index in [-0.39, 0.29) is 17.8 Å². The normalized spacial score (nSPS) is 13.8. The molecule has 0 spiro atoms. The van der Waals surface area contributed by atoms with Gasteiger partial charge in [-0.25, -0.2) is 4.79 Å². The third kappa shape index (κ3) is 5.12. The second-order valence-electron chi connectivity index (χ2n) is 8.17. The van der Waals surface area contributed by atoms with Crippen molar-refractivity contribution in [3.05, 3.63) is 51.7 Å². The lowest BCUT2D eigenvalue weighted by Gasteiger charge is -2.15. The molecular weight excluding hydrogens is 472 g/mol. The zero-order valence-corrected chi connectivity index (χ0v) is 21.3. The van der Waals surface area contributed by atoms with Crippen molar-refractivity contribution in [1.82, 2.24) is 14.8 Å². The summed E-state index contributed by atoms with van der Waals surface area (Å²) in [6.45, 7) is 3.92. The number of fused-ring (bicyclic) bond motifs is 1. The van der Waals surface area contributed by atoms with Crippen LogP contribution >= 0.6 is 23.1 Å². The molecule has 34 heavy (non-hydrogen) atoms. The van der Waals surface area contributed by atoms with Crippen molar-refractivity contribution in [3.63, 3.8) is 0 Å². The first-order chi connectivity index (χ1) is 16.4. The van der Waals surface area contributed by atoms with E-state index in [1.165, 1.54) is 30.2 Å². The van der Waals surface area contributed by atoms with Crippen molar-refractivity contribution in [2.24, 2.45) is 7.05 Å². The molecule has 0 fully saturated rings. The van der Waals surface area contributed by atoms with Crippen molar-refractivity contribution in [1.29, 1.82) is 0 Å². The quantitative estimate of drug-likeness (QED) is 0.353. The number of thiophene rings is 1. The smallest absolute Gasteiger partial charge is 0.341 e. The van der Waals surface area contributed by atoms with Gasteiger partial charge in [-0.05, 0) is 56.7 Å². The first kappa shape index (κ1) is 24.3. The van der Waals surface area contributed by atoms with Crippen LogP contribution in [0.15, 0.2) is 29.4 Å². The highest BCUT2D eigenvalue weighted by atomic mass is 32.2. The van der Waals surface area contributed by atoms with Crippen LogP contribution in [0, 0.1) is 6.92 Å². The van der Waals surface area contributed by atoms with E-state index in [9.17, 15) is 9.59 Å². The fourth-order valence-corrected chi connectivity index (χ4v) is 6.01. The van der Waals surface area contributed by atoms with E-state index in [0.29, 0.717) is 21.5 Å². The molecule has 1 amide bonds. The van der Waals surface area contributed by atoms with Gasteiger partial charge in [0, 0.05) is 11.9 Å². The average molecular weight is 501 g/mol. The molecule has 3 aromatic rings. The number of methoxy groups -OCH3 is 1. The molecule has 2 aromatic heterocycles. The van der Waals surface area contributed by atoms with Gasteiger partial charge in [-0.1, -0.05) is 30.0 Å². The number of para-hydroxylation sites is 1. The van der Waals surface area contributed by atoms with Gasteiger partial charge in [-0.15, -0.1) is 21.5 Å². The molecule has 4 rings (SSSR count). The van der Waals surface area contributed by atoms with E-state index in [1.54, 1.807) is 0 Å². The highest BCUT2D eigenvalue weighted by molar-refractivity contribution is 7.99. The minimum absolute atomic E-state index is 0.141. The molecule has 2 heterocycles. The average Bonchev–Trinajstić information content (AvgIpc) is 3.38. The number of nitrogens with one attached hydrogen (secondary N) is 1. The first-order valence-corrected chi connectivity index (χ1v) is 13.0. The van der Waals surface area contributed by atoms with Gasteiger partial charge in [-0.3, -0.25) is 4.79 Å². The Labute approximate surface area is 207 Å². The maximum atomic E-state index is 12.7. The lowest BCUT2D eigenvalue weighted by atomic mass is 9.95. The number of amides is 1. The van der Waals surface area contributed by atoms with Crippen molar-refractivity contribution < 1.29 is 19.1 Å². The molecule has 0 saturated heterocycles. The van der Waals surface area contributed by atoms with Gasteiger partial charge in [0.1, 0.15) is 10.8 Å². The Balaban J connectivity index is 1.41. The largest absolute Gasteiger partial charge is 0.482 e. The summed E-state index contributed by atoms with van der Waals surface area (Å²) in [6, 6.07) is 7.82. The molecule has 10 heteroatoms. The number of hydrogen-bond donors (Lipinski definition) is 1. The van der Waals surface area contributed by atoms with Crippen molar-refractivity contribution >= 4 is 40.0 Å². The number of nitrogens with zero attached hydrogens (tertiary/aromatic N) is 3. The molecule has 1 unspecified atom stereocenters. The Morgan fingerprint density at radius 3 is 2.76 bits per heavy atom. The van der Waals surface area contributed by atoms with E-state index in [1.807, 2.05) is 49.7 Å². The van der Waals surface area contributed by atoms with Crippen LogP contribution in [0.5, 0.6) is 5.75 Å². The molecule has 1 atom stereocenters. The SMILES string of the molecule is COC(=O)c1c(NC(=O)CSc2nnc(C(C)Oc3ccccc3C)n2C)sc2c1CCCC2. The Morgan fingerprint density at radius 2 is 2.00 bits per heavy atom. The molecule has 0 radical (unpaired) electrons. The number of hydrogen-bond acceptors (Lipinski definition) is 8. The highest BCUT2D eigenvalue weighted by Crippen LogP contribution is 2.38. The second kappa shape index (κ2) is 10.6. The first-order valence-electron chi connectivity index (χ1n) is 11.2. The number of aryl methyl sites for hydroxylation is 2. The molecule has 1 aliphatic carbocycles. The topological polar surface area (TPSA) is 95.3 Å². The number of rotatable bonds is 8. The number of carbonyl (C=O) groups excluding carboxylic acids is 2. The maximum absolute atomic E-state index is 12.7. The van der Waals surface area contributed by atoms with Crippen LogP contribution < -0.4 is 10.1 Å². The lowest BCUT2D eigenvalue weighted by Crippen LogP contribution is -2.17. The highest BCUT2D eigenvalue weighted by Gasteiger charge is 2.27. The molecule has 1 aromatic carbocycles. The van der Waals surface area contributed by atoms with E-state index in [2.05, 4.69) is 15.5 Å². The van der Waals surface area contributed by atoms with Gasteiger partial charge in [0.05, 0.1) is 18.4 Å². The van der Waals surface area contributed by atoms with Crippen LogP contribution in [-0.4, -0.2) is 39.5 Å². The van der Waals surface area contributed by atoms with E-state index < -0.39 is 5.97 Å². The number of anilines is 1. The van der Waals surface area contributed by atoms with E-state index in [4.69, 9.17) is 9.47 Å². The summed E-state index contributed by atoms with van der Waals surface area (Å²) in [4.78, 5) is 26.3. The molecule has 180 valence electrons. The van der Waals surface area contributed by atoms with Crippen LogP contribution in [-0.2, 0) is 29.4 Å². The third-order valence-corrected chi connectivity index (χ3v) is 8.00. The number of aromatic nitrogens is 3. The van der Waals surface area contributed by atoms with Crippen LogP contribution in [0.1, 0.15) is 58.1 Å². The summed E-state index contributed by atoms with van der Waals surface area (Å²) in [5.74, 6) is 1.00. The standard InChI is InChI=1S/C24H28N4O4S2/c1-14-9-5-7-11-17(14)32-15(2)21-26-27-24(28(21)3)33-13-19(29)25-22-20(23(30)31-4)16-10-6-8-12-18(16)34-22/h5,7,9,11,15H,6,8,10,12-13H2,1-4H3,(H,25,29). The summed E-state index contributed by atoms with van der Waals surface area (Å²) in [6.07, 6.45) is 3.60. The second-order valence-corrected chi connectivity index (χ2v) is 10.2. The van der Waals surface area contributed by atoms with Gasteiger partial charge >= 0.3 is 5.97 Å². The summed E-state index contributed by atoms with van der Waals surface area (Å²) in [7, 11) is 3.22. The monoisotopic (exact) mass is 500 g/mol. The number of ether oxygens (including phenoxy) is 2. The van der Waals surface area contributed by atoms with E-state index >= 15 is 0 Å². The van der Waals surface area contributed by atoms with Crippen molar-refractivity contribution in [2.45, 2.75) is 50.8 Å². The van der Waals surface area contributed by atoms with Crippen molar-refractivity contribution in [3.8, 4) is 5.75 Å². The zero-order chi connectivity index (χ0) is 24.2. The number of carbonyl (C=O) groups is 2. The lowest BCUT2D eigenvalue weighted by molar-refractivity contribution is -0.113. The summed E-state index contributed by atoms with van der Waals surface area (Å²) < 4.78 is 12.9. The van der Waals surface area contributed by atoms with Gasteiger partial charge in [-0.2, -0.15) is 0 Å². The van der Waals surface area contributed by atoms with Gasteiger partial charge in [0.2, 0.25) is 5.91 Å². The molecule has 0 aliphatic heterocycles. The van der Waals surface area contributed by atoms with Crippen LogP contribution in [0.25, 0.3) is 0 Å². The Morgan fingerprint density at radius 1 is 1.24 bits per heavy atom. The summed E-state index contributed by atoms with van der Waals surface area (Å²) in [5, 5.41) is 12.6. The Hall–Kier alpha value is -2.85. The fourth-order valence-electron chi connectivity index (χ4n) is 4.00. The van der Waals surface area contributed by atoms with Gasteiger partial charge < -0.3 is 19.4 Å². The van der Waals surface area contributed by atoms with Crippen LogP contribution in [0.4, 0.5) is 5.00 Å². The Bertz CT molecular complexity index is 1200. The number of thioether (sulfide) groups is 1. The summed E-state index contributed by atoms with van der Waals surface area (Å²) >= 11 is 2.76. The molecule has 0 bridgehead atoms. The molecule has 1 aliphatic rings. The van der Waals surface area contributed by atoms with Gasteiger partial charge in [0.15, 0.2) is 17.1 Å². The molecule has 0 saturated carbocycles.